The molecular weight excluding hydrogens is 451 g/mol. The van der Waals surface area contributed by atoms with E-state index in [0.29, 0.717) is 24.0 Å². The molecule has 0 saturated carbocycles. The van der Waals surface area contributed by atoms with Crippen LogP contribution in [0.25, 0.3) is 0 Å². The first-order valence-corrected chi connectivity index (χ1v) is 12.8. The molecule has 0 spiro atoms. The summed E-state index contributed by atoms with van der Waals surface area (Å²) in [6.07, 6.45) is 0.393. The Morgan fingerprint density at radius 1 is 1.00 bits per heavy atom. The second-order valence-corrected chi connectivity index (χ2v) is 10.3. The Morgan fingerprint density at radius 2 is 1.68 bits per heavy atom. The van der Waals surface area contributed by atoms with Gasteiger partial charge in [0.25, 0.3) is 5.91 Å². The second kappa shape index (κ2) is 11.0. The molecule has 1 aliphatic heterocycles. The molecule has 0 aliphatic carbocycles. The van der Waals surface area contributed by atoms with Gasteiger partial charge < -0.3 is 9.26 Å². The Balaban J connectivity index is 1.63. The van der Waals surface area contributed by atoms with Gasteiger partial charge in [-0.25, -0.2) is 10.2 Å². The highest BCUT2D eigenvalue weighted by Crippen LogP contribution is 2.53. The normalized spacial score (nSPS) is 17.4. The van der Waals surface area contributed by atoms with Crippen LogP contribution < -0.4 is 15.5 Å². The minimum atomic E-state index is -3.57. The molecule has 1 N–H and O–H groups in total. The van der Waals surface area contributed by atoms with Crippen molar-refractivity contribution in [3.05, 3.63) is 95.6 Å². The molecule has 2 atom stereocenters. The Labute approximate surface area is 200 Å². The number of methoxy groups -OCH3 is 1. The van der Waals surface area contributed by atoms with Crippen LogP contribution in [0.3, 0.4) is 0 Å². The molecule has 3 aromatic rings. The third kappa shape index (κ3) is 5.24. The Hall–Kier alpha value is -2.96. The van der Waals surface area contributed by atoms with Gasteiger partial charge in [-0.05, 0) is 54.3 Å². The molecule has 7 nitrogen and oxygen atoms in total. The van der Waals surface area contributed by atoms with E-state index in [1.165, 1.54) is 0 Å². The number of fused-ring (bicyclic) bond motifs is 1. The maximum absolute atomic E-state index is 14.4. The first kappa shape index (κ1) is 24.2. The van der Waals surface area contributed by atoms with Crippen molar-refractivity contribution in [2.75, 3.05) is 13.7 Å². The molecule has 178 valence electrons. The monoisotopic (exact) mass is 480 g/mol. The summed E-state index contributed by atoms with van der Waals surface area (Å²) in [6, 6.07) is 23.7. The third-order valence-corrected chi connectivity index (χ3v) is 8.48. The summed E-state index contributed by atoms with van der Waals surface area (Å²) < 4.78 is 27.3. The first-order valence-electron chi connectivity index (χ1n) is 11.2. The molecule has 0 bridgehead atoms. The van der Waals surface area contributed by atoms with Crippen LogP contribution in [0.5, 0.6) is 5.75 Å². The summed E-state index contributed by atoms with van der Waals surface area (Å²) in [6.45, 7) is 2.58. The smallest absolute Gasteiger partial charge is 0.303 e. The molecule has 1 heterocycles. The van der Waals surface area contributed by atoms with Crippen molar-refractivity contribution >= 4 is 18.7 Å². The minimum Gasteiger partial charge on any atom is -0.497 e. The summed E-state index contributed by atoms with van der Waals surface area (Å²) >= 11 is 0. The van der Waals surface area contributed by atoms with E-state index < -0.39 is 13.6 Å². The highest BCUT2D eigenvalue weighted by molar-refractivity contribution is 7.64. The zero-order valence-corrected chi connectivity index (χ0v) is 20.2. The molecule has 0 saturated heterocycles. The van der Waals surface area contributed by atoms with Gasteiger partial charge in [-0.15, -0.1) is 0 Å². The molecule has 0 aromatic heterocycles. The zero-order chi connectivity index (χ0) is 24.0. The molecule has 4 rings (SSSR count). The Morgan fingerprint density at radius 3 is 2.35 bits per heavy atom. The molecule has 34 heavy (non-hydrogen) atoms. The average molecular weight is 481 g/mol. The summed E-state index contributed by atoms with van der Waals surface area (Å²) in [5.74, 6) is 0.290. The van der Waals surface area contributed by atoms with Gasteiger partial charge in [0.15, 0.2) is 0 Å². The number of carbonyl (C=O) groups is 1. The number of amides is 1. The highest BCUT2D eigenvalue weighted by atomic mass is 31.2. The maximum atomic E-state index is 14.4. The van der Waals surface area contributed by atoms with Crippen molar-refractivity contribution in [1.82, 2.24) is 10.2 Å². The van der Waals surface area contributed by atoms with Gasteiger partial charge >= 0.3 is 7.52 Å². The molecule has 8 heteroatoms. The van der Waals surface area contributed by atoms with E-state index in [2.05, 4.69) is 5.48 Å². The van der Waals surface area contributed by atoms with Gasteiger partial charge in [0.05, 0.1) is 25.6 Å². The van der Waals surface area contributed by atoms with Gasteiger partial charge in [-0.3, -0.25) is 14.2 Å². The molecule has 1 amide bonds. The Bertz CT molecular complexity index is 1150. The molecule has 0 radical (unpaired) electrons. The van der Waals surface area contributed by atoms with E-state index in [4.69, 9.17) is 14.1 Å². The third-order valence-electron chi connectivity index (χ3n) is 5.82. The van der Waals surface area contributed by atoms with Crippen molar-refractivity contribution in [3.63, 3.8) is 0 Å². The molecular formula is C26H29N2O5P. The van der Waals surface area contributed by atoms with Crippen LogP contribution in [-0.4, -0.2) is 30.3 Å². The Kier molecular flexibility index (Phi) is 7.80. The summed E-state index contributed by atoms with van der Waals surface area (Å²) in [4.78, 5) is 18.8. The van der Waals surface area contributed by atoms with Crippen molar-refractivity contribution in [1.29, 1.82) is 0 Å². The van der Waals surface area contributed by atoms with Crippen LogP contribution in [0.15, 0.2) is 78.9 Å². The zero-order valence-electron chi connectivity index (χ0n) is 19.3. The number of hydrogen-bond acceptors (Lipinski definition) is 5. The predicted octanol–water partition coefficient (Wildman–Crippen LogP) is 4.23. The lowest BCUT2D eigenvalue weighted by molar-refractivity contribution is -0.139. The fourth-order valence-electron chi connectivity index (χ4n) is 4.09. The van der Waals surface area contributed by atoms with Crippen LogP contribution >= 0.6 is 7.52 Å². The number of nitrogens with zero attached hydrogens (tertiary/aromatic N) is 1. The fourth-order valence-corrected chi connectivity index (χ4v) is 6.45. The number of nitrogens with one attached hydrogen (secondary N) is 1. The minimum absolute atomic E-state index is 0.234. The largest absolute Gasteiger partial charge is 0.497 e. The van der Waals surface area contributed by atoms with Crippen molar-refractivity contribution in [2.45, 2.75) is 32.5 Å². The summed E-state index contributed by atoms with van der Waals surface area (Å²) in [5.41, 5.74) is 5.57. The van der Waals surface area contributed by atoms with E-state index in [0.717, 1.165) is 16.7 Å². The number of rotatable bonds is 9. The van der Waals surface area contributed by atoms with Crippen molar-refractivity contribution in [2.24, 2.45) is 0 Å². The van der Waals surface area contributed by atoms with Crippen molar-refractivity contribution < 1.29 is 23.5 Å². The lowest BCUT2D eigenvalue weighted by Crippen LogP contribution is -2.50. The van der Waals surface area contributed by atoms with E-state index in [1.807, 2.05) is 54.6 Å². The van der Waals surface area contributed by atoms with E-state index in [1.54, 1.807) is 43.0 Å². The van der Waals surface area contributed by atoms with Crippen LogP contribution in [0.2, 0.25) is 0 Å². The maximum Gasteiger partial charge on any atom is 0.303 e. The van der Waals surface area contributed by atoms with Gasteiger partial charge in [-0.2, -0.15) is 0 Å². The van der Waals surface area contributed by atoms with Gasteiger partial charge in [-0.1, -0.05) is 54.6 Å². The van der Waals surface area contributed by atoms with E-state index in [-0.39, 0.29) is 19.1 Å². The number of ether oxygens (including phenoxy) is 1. The van der Waals surface area contributed by atoms with E-state index in [9.17, 15) is 9.36 Å². The van der Waals surface area contributed by atoms with Crippen LogP contribution in [-0.2, 0) is 38.3 Å². The summed E-state index contributed by atoms with van der Waals surface area (Å²) in [5, 5.41) is 0.512. The number of hydrogen-bond donors (Lipinski definition) is 1. The predicted molar refractivity (Wildman–Crippen MR) is 131 cm³/mol. The topological polar surface area (TPSA) is 77.1 Å². The standard InChI is InChI=1S/C26H29N2O5P/c1-3-33-34(30,24-15-13-23(31-2)14-16-24)28-18-22-12-8-7-11-21(22)17-25(28)26(29)27-32-19-20-9-5-4-6-10-20/h4-16,25H,3,17-19H2,1-2H3,(H,27,29)/t25-,34?/m1/s1. The fraction of sp³-hybridized carbons (Fsp3) is 0.269. The van der Waals surface area contributed by atoms with E-state index >= 15 is 0 Å². The number of carbonyl (C=O) groups excluding carboxylic acids is 1. The van der Waals surface area contributed by atoms with Gasteiger partial charge in [0, 0.05) is 6.54 Å². The first-order chi connectivity index (χ1) is 16.5. The average Bonchev–Trinajstić information content (AvgIpc) is 2.88. The molecule has 3 aromatic carbocycles. The highest BCUT2D eigenvalue weighted by Gasteiger charge is 2.44. The second-order valence-electron chi connectivity index (χ2n) is 7.96. The van der Waals surface area contributed by atoms with Crippen LogP contribution in [0, 0.1) is 0 Å². The van der Waals surface area contributed by atoms with Crippen molar-refractivity contribution in [3.8, 4) is 5.75 Å². The summed E-state index contributed by atoms with van der Waals surface area (Å²) in [7, 11) is -1.99. The molecule has 1 aliphatic rings. The molecule has 1 unspecified atom stereocenters. The van der Waals surface area contributed by atoms with Gasteiger partial charge in [0.1, 0.15) is 11.8 Å². The SMILES string of the molecule is CCOP(=O)(c1ccc(OC)cc1)N1Cc2ccccc2C[C@@H]1C(=O)NOCc1ccccc1. The van der Waals surface area contributed by atoms with Crippen LogP contribution in [0.4, 0.5) is 0 Å². The lowest BCUT2D eigenvalue weighted by atomic mass is 9.95. The molecule has 0 fully saturated rings. The number of benzene rings is 3. The number of hydroxylamine groups is 1. The lowest BCUT2D eigenvalue weighted by Gasteiger charge is -2.40. The van der Waals surface area contributed by atoms with Crippen LogP contribution in [0.1, 0.15) is 23.6 Å². The quantitative estimate of drug-likeness (QED) is 0.365. The van der Waals surface area contributed by atoms with Gasteiger partial charge in [0.2, 0.25) is 0 Å².